The lowest BCUT2D eigenvalue weighted by molar-refractivity contribution is 0.0980. The van der Waals surface area contributed by atoms with Crippen molar-refractivity contribution in [3.63, 3.8) is 0 Å². The number of carbonyl (C=O) groups excluding carboxylic acids is 2. The smallest absolute Gasteiger partial charge is 0.196 e. The van der Waals surface area contributed by atoms with Crippen LogP contribution in [0.3, 0.4) is 0 Å². The minimum atomic E-state index is -0.0731. The van der Waals surface area contributed by atoms with Crippen molar-refractivity contribution in [2.45, 2.75) is 53.4 Å². The fraction of sp³-hybridized carbons (Fsp3) is 0.533. The molecule has 0 fully saturated rings. The molecule has 2 N–H and O–H groups in total. The SMILES string of the molecule is CCN(CC)CCCCNc1ccc(NCCCCN(CC)CC)c2c1C(=O)c1ccccc1C2=O. The number of benzene rings is 2. The first-order valence-corrected chi connectivity index (χ1v) is 13.8. The Balaban J connectivity index is 1.74. The number of carbonyl (C=O) groups is 2. The molecule has 0 unspecified atom stereocenters. The van der Waals surface area contributed by atoms with E-state index < -0.39 is 0 Å². The number of rotatable bonds is 16. The Morgan fingerprint density at radius 2 is 0.972 bits per heavy atom. The Kier molecular flexibility index (Phi) is 11.0. The zero-order valence-corrected chi connectivity index (χ0v) is 22.7. The minimum Gasteiger partial charge on any atom is -0.384 e. The van der Waals surface area contributed by atoms with Gasteiger partial charge in [-0.05, 0) is 77.1 Å². The van der Waals surface area contributed by atoms with Crippen LogP contribution in [-0.2, 0) is 0 Å². The van der Waals surface area contributed by atoms with Crippen LogP contribution >= 0.6 is 0 Å². The lowest BCUT2D eigenvalue weighted by Crippen LogP contribution is -2.26. The van der Waals surface area contributed by atoms with E-state index in [2.05, 4.69) is 48.1 Å². The molecule has 2 aromatic rings. The highest BCUT2D eigenvalue weighted by atomic mass is 16.1. The van der Waals surface area contributed by atoms with Crippen LogP contribution < -0.4 is 10.6 Å². The van der Waals surface area contributed by atoms with E-state index in [9.17, 15) is 9.59 Å². The lowest BCUT2D eigenvalue weighted by atomic mass is 9.82. The van der Waals surface area contributed by atoms with Gasteiger partial charge in [-0.2, -0.15) is 0 Å². The zero-order chi connectivity index (χ0) is 25.9. The molecule has 0 saturated carbocycles. The molecule has 6 heteroatoms. The molecule has 2 aromatic carbocycles. The summed E-state index contributed by atoms with van der Waals surface area (Å²) in [4.78, 5) is 32.0. The number of nitrogens with one attached hydrogen (secondary N) is 2. The fourth-order valence-corrected chi connectivity index (χ4v) is 4.96. The van der Waals surface area contributed by atoms with Crippen molar-refractivity contribution < 1.29 is 9.59 Å². The van der Waals surface area contributed by atoms with E-state index >= 15 is 0 Å². The minimum absolute atomic E-state index is 0.0731. The molecule has 0 amide bonds. The Morgan fingerprint density at radius 1 is 0.583 bits per heavy atom. The molecule has 3 rings (SSSR count). The van der Waals surface area contributed by atoms with Crippen molar-refractivity contribution in [3.05, 3.63) is 58.7 Å². The van der Waals surface area contributed by atoms with Gasteiger partial charge in [0, 0.05) is 35.6 Å². The van der Waals surface area contributed by atoms with Gasteiger partial charge in [0.2, 0.25) is 0 Å². The van der Waals surface area contributed by atoms with E-state index in [0.29, 0.717) is 22.3 Å². The molecular weight excluding hydrogens is 448 g/mol. The van der Waals surface area contributed by atoms with E-state index in [0.717, 1.165) is 89.4 Å². The van der Waals surface area contributed by atoms with Crippen LogP contribution in [0.2, 0.25) is 0 Å². The summed E-state index contributed by atoms with van der Waals surface area (Å²) < 4.78 is 0. The average molecular weight is 493 g/mol. The topological polar surface area (TPSA) is 64.7 Å². The molecule has 0 aromatic heterocycles. The van der Waals surface area contributed by atoms with Crippen LogP contribution in [0.25, 0.3) is 0 Å². The van der Waals surface area contributed by atoms with Crippen LogP contribution in [-0.4, -0.2) is 73.7 Å². The van der Waals surface area contributed by atoms with E-state index in [4.69, 9.17) is 0 Å². The van der Waals surface area contributed by atoms with Gasteiger partial charge in [-0.15, -0.1) is 0 Å². The molecule has 0 atom stereocenters. The summed E-state index contributed by atoms with van der Waals surface area (Å²) in [6.07, 6.45) is 4.21. The van der Waals surface area contributed by atoms with Crippen LogP contribution in [0.1, 0.15) is 85.2 Å². The lowest BCUT2D eigenvalue weighted by Gasteiger charge is -2.24. The Hall–Kier alpha value is -2.70. The number of fused-ring (bicyclic) bond motifs is 2. The number of nitrogens with zero attached hydrogens (tertiary/aromatic N) is 2. The summed E-state index contributed by atoms with van der Waals surface area (Å²) in [5.41, 5.74) is 3.53. The monoisotopic (exact) mass is 492 g/mol. The second-order valence-corrected chi connectivity index (χ2v) is 9.44. The summed E-state index contributed by atoms with van der Waals surface area (Å²) in [6, 6.07) is 11.1. The van der Waals surface area contributed by atoms with Crippen LogP contribution in [0.5, 0.6) is 0 Å². The molecule has 1 aliphatic rings. The fourth-order valence-electron chi connectivity index (χ4n) is 4.96. The number of hydrogen-bond donors (Lipinski definition) is 2. The van der Waals surface area contributed by atoms with Gasteiger partial charge in [0.05, 0.1) is 11.1 Å². The number of anilines is 2. The number of ketones is 2. The van der Waals surface area contributed by atoms with Crippen molar-refractivity contribution in [3.8, 4) is 0 Å². The average Bonchev–Trinajstić information content (AvgIpc) is 2.91. The van der Waals surface area contributed by atoms with Crippen molar-refractivity contribution in [2.75, 3.05) is 63.0 Å². The molecule has 0 spiro atoms. The highest BCUT2D eigenvalue weighted by Crippen LogP contribution is 2.36. The first-order chi connectivity index (χ1) is 17.5. The van der Waals surface area contributed by atoms with Gasteiger partial charge in [0.25, 0.3) is 0 Å². The highest BCUT2D eigenvalue weighted by molar-refractivity contribution is 6.31. The maximum Gasteiger partial charge on any atom is 0.196 e. The third-order valence-corrected chi connectivity index (χ3v) is 7.30. The molecule has 0 aliphatic heterocycles. The maximum absolute atomic E-state index is 13.6. The van der Waals surface area contributed by atoms with Gasteiger partial charge in [-0.1, -0.05) is 52.0 Å². The molecule has 6 nitrogen and oxygen atoms in total. The van der Waals surface area contributed by atoms with Crippen LogP contribution in [0.4, 0.5) is 11.4 Å². The van der Waals surface area contributed by atoms with Gasteiger partial charge < -0.3 is 20.4 Å². The second-order valence-electron chi connectivity index (χ2n) is 9.44. The van der Waals surface area contributed by atoms with Crippen LogP contribution in [0, 0.1) is 0 Å². The molecule has 0 saturated heterocycles. The van der Waals surface area contributed by atoms with Gasteiger partial charge >= 0.3 is 0 Å². The molecule has 1 aliphatic carbocycles. The third kappa shape index (κ3) is 6.74. The van der Waals surface area contributed by atoms with Crippen LogP contribution in [0.15, 0.2) is 36.4 Å². The second kappa shape index (κ2) is 14.1. The van der Waals surface area contributed by atoms with Crippen molar-refractivity contribution in [2.24, 2.45) is 0 Å². The third-order valence-electron chi connectivity index (χ3n) is 7.30. The molecule has 0 radical (unpaired) electrons. The Bertz CT molecular complexity index is 932. The van der Waals surface area contributed by atoms with Crippen molar-refractivity contribution in [1.82, 2.24) is 9.80 Å². The van der Waals surface area contributed by atoms with Gasteiger partial charge in [0.15, 0.2) is 11.6 Å². The van der Waals surface area contributed by atoms with E-state index in [1.165, 1.54) is 0 Å². The predicted octanol–water partition coefficient (Wildman–Crippen LogP) is 5.53. The summed E-state index contributed by atoms with van der Waals surface area (Å²) in [5.74, 6) is -0.146. The Morgan fingerprint density at radius 3 is 1.33 bits per heavy atom. The number of hydrogen-bond acceptors (Lipinski definition) is 6. The summed E-state index contributed by atoms with van der Waals surface area (Å²) in [6.45, 7) is 16.7. The molecule has 0 bridgehead atoms. The summed E-state index contributed by atoms with van der Waals surface area (Å²) in [5, 5.41) is 6.94. The van der Waals surface area contributed by atoms with Gasteiger partial charge in [0.1, 0.15) is 0 Å². The van der Waals surface area contributed by atoms with Crippen molar-refractivity contribution >= 4 is 22.9 Å². The molecule has 0 heterocycles. The van der Waals surface area contributed by atoms with E-state index in [1.807, 2.05) is 24.3 Å². The standard InChI is InChI=1S/C30H44N4O2/c1-5-33(6-2)21-13-11-19-31-25-17-18-26(32-20-12-14-22-34(7-3)8-4)28-27(25)29(35)23-15-9-10-16-24(23)30(28)36/h9-10,15-18,31-32H,5-8,11-14,19-22H2,1-4H3. The summed E-state index contributed by atoms with van der Waals surface area (Å²) >= 11 is 0. The predicted molar refractivity (Wildman–Crippen MR) is 151 cm³/mol. The van der Waals surface area contributed by atoms with E-state index in [-0.39, 0.29) is 11.6 Å². The largest absolute Gasteiger partial charge is 0.384 e. The first-order valence-electron chi connectivity index (χ1n) is 13.8. The normalized spacial score (nSPS) is 12.7. The highest BCUT2D eigenvalue weighted by Gasteiger charge is 2.33. The van der Waals surface area contributed by atoms with Crippen molar-refractivity contribution in [1.29, 1.82) is 0 Å². The zero-order valence-electron chi connectivity index (χ0n) is 22.7. The summed E-state index contributed by atoms with van der Waals surface area (Å²) in [7, 11) is 0. The molecular formula is C30H44N4O2. The van der Waals surface area contributed by atoms with Gasteiger partial charge in [-0.25, -0.2) is 0 Å². The number of unbranched alkanes of at least 4 members (excludes halogenated alkanes) is 2. The first kappa shape index (κ1) is 27.9. The quantitative estimate of drug-likeness (QED) is 0.256. The maximum atomic E-state index is 13.6. The van der Waals surface area contributed by atoms with E-state index in [1.54, 1.807) is 12.1 Å². The molecule has 196 valence electrons. The van der Waals surface area contributed by atoms with Gasteiger partial charge in [-0.3, -0.25) is 9.59 Å². The molecule has 36 heavy (non-hydrogen) atoms. The Labute approximate surface area is 217 Å².